The van der Waals surface area contributed by atoms with E-state index in [4.69, 9.17) is 12.2 Å². The molecule has 1 atom stereocenters. The highest BCUT2D eigenvalue weighted by Gasteiger charge is 2.22. The lowest BCUT2D eigenvalue weighted by molar-refractivity contribution is 1.14. The molecule has 0 aromatic rings. The molecule has 46 valence electrons. The van der Waals surface area contributed by atoms with Crippen LogP contribution in [-0.2, 0) is 12.2 Å². The molecule has 0 amide bonds. The second-order valence-electron chi connectivity index (χ2n) is 2.15. The summed E-state index contributed by atoms with van der Waals surface area (Å²) < 4.78 is 0. The van der Waals surface area contributed by atoms with E-state index < -0.39 is 5.17 Å². The molecule has 0 aliphatic carbocycles. The number of allylic oxidation sites excluding steroid dienone is 1. The first-order chi connectivity index (χ1) is 3.60. The zero-order chi connectivity index (χ0) is 6.20. The van der Waals surface area contributed by atoms with Crippen LogP contribution in [0.3, 0.4) is 0 Å². The minimum absolute atomic E-state index is 1.12. The zero-order valence-electron chi connectivity index (χ0n) is 4.72. The van der Waals surface area contributed by atoms with Gasteiger partial charge in [-0.2, -0.15) is 0 Å². The summed E-state index contributed by atoms with van der Waals surface area (Å²) in [6, 6.07) is 0. The van der Waals surface area contributed by atoms with Crippen LogP contribution in [0, 0.1) is 0 Å². The second kappa shape index (κ2) is 2.32. The van der Waals surface area contributed by atoms with Crippen LogP contribution in [-0.4, -0.2) is 6.16 Å². The van der Waals surface area contributed by atoms with Gasteiger partial charge in [-0.15, -0.1) is 0 Å². The molecule has 0 aromatic heterocycles. The zero-order valence-corrected chi connectivity index (χ0v) is 8.02. The summed E-state index contributed by atoms with van der Waals surface area (Å²) >= 11 is 8.77. The number of rotatable bonds is 0. The van der Waals surface area contributed by atoms with Gasteiger partial charge in [0.05, 0.1) is 6.16 Å². The fourth-order valence-corrected chi connectivity index (χ4v) is 4.76. The Morgan fingerprint density at radius 1 is 1.88 bits per heavy atom. The van der Waals surface area contributed by atoms with Gasteiger partial charge in [-0.05, 0) is 17.7 Å². The average Bonchev–Trinajstić information content (AvgIpc) is 1.82. The van der Waals surface area contributed by atoms with Crippen molar-refractivity contribution in [3.05, 3.63) is 11.4 Å². The Morgan fingerprint density at radius 3 is 2.62 bits per heavy atom. The molecule has 0 spiro atoms. The molecule has 1 unspecified atom stereocenters. The summed E-state index contributed by atoms with van der Waals surface area (Å²) in [4.78, 5) is 0. The Labute approximate surface area is 64.0 Å². The molecule has 0 radical (unpaired) electrons. The normalized spacial score (nSPS) is 37.6. The van der Waals surface area contributed by atoms with Crippen molar-refractivity contribution in [1.82, 2.24) is 0 Å². The van der Waals surface area contributed by atoms with Crippen molar-refractivity contribution in [3.8, 4) is 0 Å². The van der Waals surface area contributed by atoms with Crippen LogP contribution in [0.1, 0.15) is 13.3 Å². The smallest absolute Gasteiger partial charge is 0.118 e. The standard InChI is InChI=1S/C5H8BrPS/c1-5-2-3-7(6,8)4-5/h4H,2-3H2,1H3. The summed E-state index contributed by atoms with van der Waals surface area (Å²) in [6.07, 6.45) is 2.40. The minimum Gasteiger partial charge on any atom is -0.540 e. The van der Waals surface area contributed by atoms with Crippen LogP contribution < -0.4 is 0 Å². The summed E-state index contributed by atoms with van der Waals surface area (Å²) in [6.45, 7) is 2.15. The van der Waals surface area contributed by atoms with Crippen LogP contribution in [0.4, 0.5) is 0 Å². The molecule has 8 heavy (non-hydrogen) atoms. The van der Waals surface area contributed by atoms with Crippen LogP contribution in [0.25, 0.3) is 0 Å². The van der Waals surface area contributed by atoms with Gasteiger partial charge in [-0.3, -0.25) is 0 Å². The number of hydrogen-bond acceptors (Lipinski definition) is 1. The van der Waals surface area contributed by atoms with Crippen molar-refractivity contribution >= 4 is 32.9 Å². The van der Waals surface area contributed by atoms with Gasteiger partial charge in [-0.1, -0.05) is 0 Å². The van der Waals surface area contributed by atoms with Gasteiger partial charge < -0.3 is 12.2 Å². The van der Waals surface area contributed by atoms with Gasteiger partial charge in [0.25, 0.3) is 0 Å². The first-order valence-corrected chi connectivity index (χ1v) is 7.64. The minimum atomic E-state index is -1.12. The van der Waals surface area contributed by atoms with E-state index >= 15 is 0 Å². The molecule has 0 aromatic carbocycles. The molecule has 1 rings (SSSR count). The largest absolute Gasteiger partial charge is 0.540 e. The van der Waals surface area contributed by atoms with E-state index in [1.54, 1.807) is 0 Å². The summed E-state index contributed by atoms with van der Waals surface area (Å²) in [5, 5.41) is -1.12. The van der Waals surface area contributed by atoms with Crippen LogP contribution in [0.15, 0.2) is 11.4 Å². The molecule has 3 heteroatoms. The summed E-state index contributed by atoms with van der Waals surface area (Å²) in [5.74, 6) is 2.22. The maximum atomic E-state index is 5.24. The van der Waals surface area contributed by atoms with Crippen molar-refractivity contribution in [1.29, 1.82) is 0 Å². The van der Waals surface area contributed by atoms with Gasteiger partial charge in [0.15, 0.2) is 0 Å². The molecular formula is C5H8BrPS. The molecule has 0 saturated carbocycles. The third-order valence-corrected chi connectivity index (χ3v) is 5.43. The first-order valence-electron chi connectivity index (χ1n) is 2.57. The molecule has 0 fully saturated rings. The highest BCUT2D eigenvalue weighted by molar-refractivity contribution is 9.49. The van der Waals surface area contributed by atoms with Crippen molar-refractivity contribution in [2.45, 2.75) is 13.3 Å². The van der Waals surface area contributed by atoms with Crippen LogP contribution in [0.5, 0.6) is 0 Å². The fraction of sp³-hybridized carbons (Fsp3) is 0.600. The third-order valence-electron chi connectivity index (χ3n) is 1.22. The van der Waals surface area contributed by atoms with Crippen molar-refractivity contribution in [2.75, 3.05) is 6.16 Å². The van der Waals surface area contributed by atoms with Gasteiger partial charge >= 0.3 is 0 Å². The third kappa shape index (κ3) is 1.75. The summed E-state index contributed by atoms with van der Waals surface area (Å²) in [7, 11) is 0. The molecule has 0 saturated heterocycles. The lowest BCUT2D eigenvalue weighted by Gasteiger charge is -2.13. The van der Waals surface area contributed by atoms with Gasteiger partial charge in [-0.25, -0.2) is 0 Å². The van der Waals surface area contributed by atoms with E-state index in [2.05, 4.69) is 28.2 Å². The van der Waals surface area contributed by atoms with E-state index in [0.29, 0.717) is 0 Å². The maximum Gasteiger partial charge on any atom is 0.118 e. The predicted molar refractivity (Wildman–Crippen MR) is 46.5 cm³/mol. The SMILES string of the molecule is CC1=C[P+]([S-])(Br)CC1. The Bertz CT molecular complexity index is 130. The number of hydrogen-bond donors (Lipinski definition) is 0. The maximum absolute atomic E-state index is 5.24. The van der Waals surface area contributed by atoms with E-state index in [1.807, 2.05) is 0 Å². The quantitative estimate of drug-likeness (QED) is 0.438. The van der Waals surface area contributed by atoms with Crippen molar-refractivity contribution < 1.29 is 0 Å². The second-order valence-corrected chi connectivity index (χ2v) is 11.4. The number of halogens is 1. The highest BCUT2D eigenvalue weighted by atomic mass is 79.9. The van der Waals surface area contributed by atoms with Crippen molar-refractivity contribution in [2.24, 2.45) is 0 Å². The molecule has 1 aliphatic rings. The molecule has 0 bridgehead atoms. The Morgan fingerprint density at radius 2 is 2.50 bits per heavy atom. The van der Waals surface area contributed by atoms with Crippen LogP contribution >= 0.6 is 20.7 Å². The molecule has 0 N–H and O–H groups in total. The van der Waals surface area contributed by atoms with Gasteiger partial charge in [0.2, 0.25) is 0 Å². The van der Waals surface area contributed by atoms with Gasteiger partial charge in [0, 0.05) is 12.2 Å². The summed E-state index contributed by atoms with van der Waals surface area (Å²) in [5.41, 5.74) is 1.46. The average molecular weight is 211 g/mol. The first kappa shape index (κ1) is 7.11. The fourth-order valence-electron chi connectivity index (χ4n) is 0.787. The van der Waals surface area contributed by atoms with Crippen LogP contribution in [0.2, 0.25) is 0 Å². The van der Waals surface area contributed by atoms with Crippen molar-refractivity contribution in [3.63, 3.8) is 0 Å². The monoisotopic (exact) mass is 210 g/mol. The van der Waals surface area contributed by atoms with E-state index in [0.717, 1.165) is 0 Å². The van der Waals surface area contributed by atoms with E-state index in [9.17, 15) is 0 Å². The lowest BCUT2D eigenvalue weighted by atomic mass is 10.3. The Hall–Kier alpha value is 1.00. The molecule has 0 nitrogen and oxygen atoms in total. The predicted octanol–water partition coefficient (Wildman–Crippen LogP) is 3.08. The molecular weight excluding hydrogens is 203 g/mol. The lowest BCUT2D eigenvalue weighted by Crippen LogP contribution is -1.73. The van der Waals surface area contributed by atoms with E-state index in [1.165, 1.54) is 18.2 Å². The highest BCUT2D eigenvalue weighted by Crippen LogP contribution is 2.70. The molecule has 1 aliphatic heterocycles. The topological polar surface area (TPSA) is 0 Å². The van der Waals surface area contributed by atoms with Gasteiger partial charge in [0.1, 0.15) is 15.5 Å². The Kier molecular flexibility index (Phi) is 2.06. The molecule has 1 heterocycles. The Balaban J connectivity index is 2.67. The van der Waals surface area contributed by atoms with E-state index in [-0.39, 0.29) is 0 Å².